The lowest BCUT2D eigenvalue weighted by Gasteiger charge is -2.06. The summed E-state index contributed by atoms with van der Waals surface area (Å²) in [7, 11) is 0. The topological polar surface area (TPSA) is 12.9 Å². The molecule has 0 saturated carbocycles. The van der Waals surface area contributed by atoms with E-state index in [1.807, 2.05) is 18.3 Å². The summed E-state index contributed by atoms with van der Waals surface area (Å²) in [5.74, 6) is 2.34. The summed E-state index contributed by atoms with van der Waals surface area (Å²) < 4.78 is 0. The second-order valence-corrected chi connectivity index (χ2v) is 4.58. The van der Waals surface area contributed by atoms with Gasteiger partial charge in [-0.25, -0.2) is 4.98 Å². The van der Waals surface area contributed by atoms with Crippen LogP contribution < -0.4 is 0 Å². The second-order valence-electron chi connectivity index (χ2n) is 3.31. The second kappa shape index (κ2) is 5.51. The lowest BCUT2D eigenvalue weighted by molar-refractivity contribution is 0.749. The average molecular weight is 216 g/mol. The van der Waals surface area contributed by atoms with Gasteiger partial charge in [0.25, 0.3) is 0 Å². The number of hydrogen-bond donors (Lipinski definition) is 0. The van der Waals surface area contributed by atoms with E-state index in [0.29, 0.717) is 11.8 Å². The predicted molar refractivity (Wildman–Crippen MR) is 59.4 cm³/mol. The predicted octanol–water partition coefficient (Wildman–Crippen LogP) is 3.57. The number of aromatic nitrogens is 1. The van der Waals surface area contributed by atoms with Crippen LogP contribution in [0.5, 0.6) is 0 Å². The number of pyridine rings is 1. The Kier molecular flexibility index (Phi) is 4.60. The van der Waals surface area contributed by atoms with Crippen LogP contribution in [0.25, 0.3) is 0 Å². The first-order valence-corrected chi connectivity index (χ1v) is 5.88. The highest BCUT2D eigenvalue weighted by Crippen LogP contribution is 2.23. The number of thioether (sulfide) groups is 1. The maximum Gasteiger partial charge on any atom is 0.100 e. The van der Waals surface area contributed by atoms with E-state index < -0.39 is 0 Å². The molecule has 0 aromatic carbocycles. The lowest BCUT2D eigenvalue weighted by Crippen LogP contribution is -1.94. The van der Waals surface area contributed by atoms with Crippen molar-refractivity contribution in [3.63, 3.8) is 0 Å². The fourth-order valence-corrected chi connectivity index (χ4v) is 2.15. The third-order valence-electron chi connectivity index (χ3n) is 1.55. The first kappa shape index (κ1) is 10.9. The van der Waals surface area contributed by atoms with E-state index in [9.17, 15) is 0 Å². The van der Waals surface area contributed by atoms with Crippen LogP contribution in [0, 0.1) is 5.92 Å². The molecular weight excluding hydrogens is 202 g/mol. The standard InChI is InChI=1S/C10H14ClNS/c1-8(2)7-13-10-9(6-11)4-3-5-12-10/h3-5,8H,6-7H2,1-2H3. The monoisotopic (exact) mass is 215 g/mol. The molecule has 1 heterocycles. The number of rotatable bonds is 4. The van der Waals surface area contributed by atoms with Gasteiger partial charge >= 0.3 is 0 Å². The summed E-state index contributed by atoms with van der Waals surface area (Å²) in [5, 5.41) is 1.08. The van der Waals surface area contributed by atoms with Gasteiger partial charge in [0.1, 0.15) is 5.03 Å². The normalized spacial score (nSPS) is 10.8. The molecule has 1 nitrogen and oxygen atoms in total. The van der Waals surface area contributed by atoms with Gasteiger partial charge in [0.2, 0.25) is 0 Å². The van der Waals surface area contributed by atoms with Crippen molar-refractivity contribution in [3.8, 4) is 0 Å². The van der Waals surface area contributed by atoms with Crippen molar-refractivity contribution < 1.29 is 0 Å². The van der Waals surface area contributed by atoms with E-state index in [4.69, 9.17) is 11.6 Å². The zero-order valence-corrected chi connectivity index (χ0v) is 9.53. The average Bonchev–Trinajstić information content (AvgIpc) is 2.15. The van der Waals surface area contributed by atoms with Crippen LogP contribution in [0.15, 0.2) is 23.4 Å². The molecule has 0 saturated heterocycles. The quantitative estimate of drug-likeness (QED) is 0.563. The Morgan fingerprint density at radius 3 is 2.92 bits per heavy atom. The summed E-state index contributed by atoms with van der Waals surface area (Å²) in [5.41, 5.74) is 1.13. The van der Waals surface area contributed by atoms with Crippen molar-refractivity contribution >= 4 is 23.4 Å². The van der Waals surface area contributed by atoms with Gasteiger partial charge in [0.05, 0.1) is 5.88 Å². The highest BCUT2D eigenvalue weighted by atomic mass is 35.5. The fourth-order valence-electron chi connectivity index (χ4n) is 0.901. The van der Waals surface area contributed by atoms with Crippen LogP contribution in [0.1, 0.15) is 19.4 Å². The SMILES string of the molecule is CC(C)CSc1ncccc1CCl. The summed E-state index contributed by atoms with van der Waals surface area (Å²) in [4.78, 5) is 4.30. The minimum absolute atomic E-state index is 0.550. The maximum atomic E-state index is 5.79. The van der Waals surface area contributed by atoms with Crippen molar-refractivity contribution in [2.75, 3.05) is 5.75 Å². The zero-order valence-electron chi connectivity index (χ0n) is 7.96. The van der Waals surface area contributed by atoms with Crippen molar-refractivity contribution in [1.82, 2.24) is 4.98 Å². The third-order valence-corrected chi connectivity index (χ3v) is 3.31. The number of halogens is 1. The minimum atomic E-state index is 0.550. The molecule has 0 aliphatic heterocycles. The molecule has 1 aromatic heterocycles. The first-order valence-electron chi connectivity index (χ1n) is 4.36. The van der Waals surface area contributed by atoms with Gasteiger partial charge in [0.15, 0.2) is 0 Å². The van der Waals surface area contributed by atoms with Gasteiger partial charge in [-0.05, 0) is 17.5 Å². The van der Waals surface area contributed by atoms with Gasteiger partial charge in [-0.1, -0.05) is 19.9 Å². The number of alkyl halides is 1. The Morgan fingerprint density at radius 1 is 1.54 bits per heavy atom. The van der Waals surface area contributed by atoms with Crippen LogP contribution in [0.3, 0.4) is 0 Å². The molecule has 1 aromatic rings. The Labute approximate surface area is 88.9 Å². The zero-order chi connectivity index (χ0) is 9.68. The summed E-state index contributed by atoms with van der Waals surface area (Å²) in [6.45, 7) is 4.41. The minimum Gasteiger partial charge on any atom is -0.250 e. The van der Waals surface area contributed by atoms with Gasteiger partial charge in [0, 0.05) is 11.9 Å². The largest absolute Gasteiger partial charge is 0.250 e. The number of hydrogen-bond acceptors (Lipinski definition) is 2. The van der Waals surface area contributed by atoms with E-state index in [0.717, 1.165) is 16.3 Å². The first-order chi connectivity index (χ1) is 6.24. The van der Waals surface area contributed by atoms with Gasteiger partial charge in [-0.3, -0.25) is 0 Å². The molecule has 0 fully saturated rings. The molecule has 1 rings (SSSR count). The molecule has 3 heteroatoms. The van der Waals surface area contributed by atoms with Crippen molar-refractivity contribution in [2.45, 2.75) is 24.8 Å². The van der Waals surface area contributed by atoms with Crippen LogP contribution in [-0.2, 0) is 5.88 Å². The Balaban J connectivity index is 2.64. The summed E-state index contributed by atoms with van der Waals surface area (Å²) in [6, 6.07) is 3.96. The van der Waals surface area contributed by atoms with E-state index in [1.165, 1.54) is 0 Å². The van der Waals surface area contributed by atoms with Gasteiger partial charge in [-0.2, -0.15) is 0 Å². The van der Waals surface area contributed by atoms with Crippen LogP contribution >= 0.6 is 23.4 Å². The molecule has 0 amide bonds. The van der Waals surface area contributed by atoms with Crippen LogP contribution in [-0.4, -0.2) is 10.7 Å². The molecule has 0 atom stereocenters. The van der Waals surface area contributed by atoms with Crippen LogP contribution in [0.4, 0.5) is 0 Å². The molecule has 72 valence electrons. The summed E-state index contributed by atoms with van der Waals surface area (Å²) >= 11 is 7.58. The van der Waals surface area contributed by atoms with E-state index in [2.05, 4.69) is 18.8 Å². The molecule has 0 unspecified atom stereocenters. The molecule has 0 aliphatic carbocycles. The smallest absolute Gasteiger partial charge is 0.100 e. The van der Waals surface area contributed by atoms with Crippen molar-refractivity contribution in [1.29, 1.82) is 0 Å². The highest BCUT2D eigenvalue weighted by molar-refractivity contribution is 7.99. The Bertz CT molecular complexity index is 263. The lowest BCUT2D eigenvalue weighted by atomic mass is 10.3. The summed E-state index contributed by atoms with van der Waals surface area (Å²) in [6.07, 6.45) is 1.82. The molecule has 0 aliphatic rings. The molecule has 13 heavy (non-hydrogen) atoms. The number of nitrogens with zero attached hydrogens (tertiary/aromatic N) is 1. The highest BCUT2D eigenvalue weighted by Gasteiger charge is 2.03. The maximum absolute atomic E-state index is 5.79. The molecule has 0 spiro atoms. The molecular formula is C10H14ClNS. The molecule has 0 radical (unpaired) electrons. The van der Waals surface area contributed by atoms with Crippen molar-refractivity contribution in [2.24, 2.45) is 5.92 Å². The molecule has 0 N–H and O–H groups in total. The van der Waals surface area contributed by atoms with E-state index in [-0.39, 0.29) is 0 Å². The third kappa shape index (κ3) is 3.57. The van der Waals surface area contributed by atoms with Crippen LogP contribution in [0.2, 0.25) is 0 Å². The fraction of sp³-hybridized carbons (Fsp3) is 0.500. The van der Waals surface area contributed by atoms with E-state index >= 15 is 0 Å². The van der Waals surface area contributed by atoms with Gasteiger partial charge < -0.3 is 0 Å². The Hall–Kier alpha value is -0.210. The molecule has 0 bridgehead atoms. The van der Waals surface area contributed by atoms with Gasteiger partial charge in [-0.15, -0.1) is 23.4 Å². The Morgan fingerprint density at radius 2 is 2.31 bits per heavy atom. The van der Waals surface area contributed by atoms with Crippen molar-refractivity contribution in [3.05, 3.63) is 23.9 Å². The van der Waals surface area contributed by atoms with E-state index in [1.54, 1.807) is 11.8 Å².